The lowest BCUT2D eigenvalue weighted by atomic mass is 10.1. The second-order valence-corrected chi connectivity index (χ2v) is 5.74. The van der Waals surface area contributed by atoms with E-state index in [1.54, 1.807) is 0 Å². The number of hydrogen-bond donors (Lipinski definition) is 1. The zero-order valence-corrected chi connectivity index (χ0v) is 13.1. The minimum absolute atomic E-state index is 0.732. The molecule has 0 unspecified atom stereocenters. The van der Waals surface area contributed by atoms with Crippen LogP contribution in [0.2, 0.25) is 0 Å². The minimum atomic E-state index is 0.732. The summed E-state index contributed by atoms with van der Waals surface area (Å²) in [5, 5.41) is 4.65. The predicted molar refractivity (Wildman–Crippen MR) is 82.3 cm³/mol. The van der Waals surface area contributed by atoms with Crippen molar-refractivity contribution in [2.24, 2.45) is 5.73 Å². The number of halogens is 1. The fourth-order valence-corrected chi connectivity index (χ4v) is 2.78. The Balaban J connectivity index is 2.21. The Kier molecular flexibility index (Phi) is 4.77. The van der Waals surface area contributed by atoms with Crippen LogP contribution >= 0.6 is 15.9 Å². The maximum absolute atomic E-state index is 5.59. The smallest absolute Gasteiger partial charge is 0.0663 e. The Labute approximate surface area is 122 Å². The van der Waals surface area contributed by atoms with E-state index >= 15 is 0 Å². The highest BCUT2D eigenvalue weighted by Gasteiger charge is 2.11. The Morgan fingerprint density at radius 3 is 2.79 bits per heavy atom. The third kappa shape index (κ3) is 3.45. The molecule has 19 heavy (non-hydrogen) atoms. The number of rotatable bonds is 5. The highest BCUT2D eigenvalue weighted by molar-refractivity contribution is 9.10. The topological polar surface area (TPSA) is 43.8 Å². The van der Waals surface area contributed by atoms with Crippen molar-refractivity contribution in [3.05, 3.63) is 51.3 Å². The Hall–Kier alpha value is -1.13. The predicted octanol–water partition coefficient (Wildman–Crippen LogP) is 3.20. The van der Waals surface area contributed by atoms with Gasteiger partial charge in [-0.15, -0.1) is 0 Å². The molecular weight excluding hydrogens is 302 g/mol. The quantitative estimate of drug-likeness (QED) is 0.919. The van der Waals surface area contributed by atoms with Gasteiger partial charge in [0.1, 0.15) is 0 Å². The van der Waals surface area contributed by atoms with Crippen molar-refractivity contribution in [1.82, 2.24) is 9.78 Å². The van der Waals surface area contributed by atoms with E-state index in [9.17, 15) is 0 Å². The molecule has 0 bridgehead atoms. The summed E-state index contributed by atoms with van der Waals surface area (Å²) in [6.45, 7) is 5.77. The summed E-state index contributed by atoms with van der Waals surface area (Å²) in [6.07, 6.45) is 2.04. The third-order valence-corrected chi connectivity index (χ3v) is 3.88. The Morgan fingerprint density at radius 1 is 1.32 bits per heavy atom. The molecule has 0 spiro atoms. The molecule has 3 nitrogen and oxygen atoms in total. The first-order valence-corrected chi connectivity index (χ1v) is 7.38. The maximum atomic E-state index is 5.59. The van der Waals surface area contributed by atoms with Gasteiger partial charge in [0.15, 0.2) is 0 Å². The van der Waals surface area contributed by atoms with Crippen molar-refractivity contribution in [3.8, 4) is 0 Å². The summed E-state index contributed by atoms with van der Waals surface area (Å²) in [7, 11) is 0. The van der Waals surface area contributed by atoms with Crippen LogP contribution in [0.4, 0.5) is 0 Å². The van der Waals surface area contributed by atoms with Crippen LogP contribution in [0.25, 0.3) is 0 Å². The molecule has 0 saturated carbocycles. The van der Waals surface area contributed by atoms with E-state index in [0.717, 1.165) is 36.1 Å². The normalized spacial score (nSPS) is 10.9. The van der Waals surface area contributed by atoms with Crippen LogP contribution in [0, 0.1) is 13.8 Å². The molecule has 0 aliphatic carbocycles. The van der Waals surface area contributed by atoms with Crippen LogP contribution in [-0.4, -0.2) is 16.3 Å². The summed E-state index contributed by atoms with van der Waals surface area (Å²) in [6, 6.07) is 8.36. The molecular formula is C15H20BrN3. The first kappa shape index (κ1) is 14.3. The van der Waals surface area contributed by atoms with Crippen molar-refractivity contribution < 1.29 is 0 Å². The first-order valence-electron chi connectivity index (χ1n) is 6.59. The molecule has 0 radical (unpaired) electrons. The van der Waals surface area contributed by atoms with Gasteiger partial charge in [-0.2, -0.15) is 5.10 Å². The molecule has 0 aliphatic heterocycles. The van der Waals surface area contributed by atoms with Crippen LogP contribution in [0.1, 0.15) is 28.9 Å². The number of aryl methyl sites for hydroxylation is 1. The molecule has 0 fully saturated rings. The molecule has 0 aliphatic rings. The Morgan fingerprint density at radius 2 is 2.11 bits per heavy atom. The molecule has 2 aromatic rings. The summed E-state index contributed by atoms with van der Waals surface area (Å²) < 4.78 is 3.19. The van der Waals surface area contributed by atoms with Crippen molar-refractivity contribution in [2.45, 2.75) is 33.2 Å². The van der Waals surface area contributed by atoms with Crippen LogP contribution in [0.5, 0.6) is 0 Å². The molecule has 2 N–H and O–H groups in total. The number of aromatic nitrogens is 2. The molecule has 1 heterocycles. The van der Waals surface area contributed by atoms with Crippen LogP contribution in [-0.2, 0) is 13.0 Å². The largest absolute Gasteiger partial charge is 0.330 e. The summed E-state index contributed by atoms with van der Waals surface area (Å²) in [4.78, 5) is 0. The van der Waals surface area contributed by atoms with Crippen LogP contribution < -0.4 is 5.73 Å². The maximum Gasteiger partial charge on any atom is 0.0663 e. The van der Waals surface area contributed by atoms with E-state index < -0.39 is 0 Å². The highest BCUT2D eigenvalue weighted by atomic mass is 79.9. The van der Waals surface area contributed by atoms with Crippen molar-refractivity contribution in [1.29, 1.82) is 0 Å². The van der Waals surface area contributed by atoms with Gasteiger partial charge in [0, 0.05) is 10.2 Å². The molecule has 0 atom stereocenters. The summed E-state index contributed by atoms with van der Waals surface area (Å²) >= 11 is 3.50. The number of nitrogens with two attached hydrogens (primary N) is 1. The van der Waals surface area contributed by atoms with E-state index in [-0.39, 0.29) is 0 Å². The second-order valence-electron chi connectivity index (χ2n) is 4.83. The fourth-order valence-electron chi connectivity index (χ4n) is 2.34. The first-order chi connectivity index (χ1) is 9.11. The zero-order chi connectivity index (χ0) is 13.8. The number of hydrogen-bond acceptors (Lipinski definition) is 2. The van der Waals surface area contributed by atoms with E-state index in [2.05, 4.69) is 57.8 Å². The van der Waals surface area contributed by atoms with Crippen molar-refractivity contribution in [3.63, 3.8) is 0 Å². The molecule has 1 aromatic carbocycles. The van der Waals surface area contributed by atoms with Crippen molar-refractivity contribution in [2.75, 3.05) is 6.54 Å². The van der Waals surface area contributed by atoms with Crippen molar-refractivity contribution >= 4 is 15.9 Å². The lowest BCUT2D eigenvalue weighted by molar-refractivity contribution is 0.657. The standard InChI is InChI=1S/C15H20BrN3/c1-11-15(7-4-8-17)12(2)19(18-11)10-13-5-3-6-14(16)9-13/h3,5-6,9H,4,7-8,10,17H2,1-2H3. The second kappa shape index (κ2) is 6.35. The monoisotopic (exact) mass is 321 g/mol. The van der Waals surface area contributed by atoms with E-state index in [0.29, 0.717) is 0 Å². The average molecular weight is 322 g/mol. The van der Waals surface area contributed by atoms with Gasteiger partial charge in [0.25, 0.3) is 0 Å². The van der Waals surface area contributed by atoms with E-state index in [4.69, 9.17) is 5.73 Å². The SMILES string of the molecule is Cc1nn(Cc2cccc(Br)c2)c(C)c1CCCN. The number of benzene rings is 1. The van der Waals surface area contributed by atoms with Gasteiger partial charge in [-0.1, -0.05) is 28.1 Å². The van der Waals surface area contributed by atoms with Gasteiger partial charge in [-0.05, 0) is 56.5 Å². The summed E-state index contributed by atoms with van der Waals surface area (Å²) in [5.41, 5.74) is 10.6. The van der Waals surface area contributed by atoms with Gasteiger partial charge in [-0.25, -0.2) is 0 Å². The lowest BCUT2D eigenvalue weighted by Gasteiger charge is -2.06. The van der Waals surface area contributed by atoms with Gasteiger partial charge in [0.05, 0.1) is 12.2 Å². The van der Waals surface area contributed by atoms with Crippen LogP contribution in [0.15, 0.2) is 28.7 Å². The third-order valence-electron chi connectivity index (χ3n) is 3.38. The minimum Gasteiger partial charge on any atom is -0.330 e. The van der Waals surface area contributed by atoms with Gasteiger partial charge < -0.3 is 5.73 Å². The highest BCUT2D eigenvalue weighted by Crippen LogP contribution is 2.18. The fraction of sp³-hybridized carbons (Fsp3) is 0.400. The molecule has 1 aromatic heterocycles. The lowest BCUT2D eigenvalue weighted by Crippen LogP contribution is -2.05. The summed E-state index contributed by atoms with van der Waals surface area (Å²) in [5.74, 6) is 0. The zero-order valence-electron chi connectivity index (χ0n) is 11.5. The Bertz CT molecular complexity index is 561. The van der Waals surface area contributed by atoms with E-state index in [1.807, 2.05) is 6.07 Å². The molecule has 2 rings (SSSR count). The van der Waals surface area contributed by atoms with E-state index in [1.165, 1.54) is 16.8 Å². The van der Waals surface area contributed by atoms with Gasteiger partial charge in [0.2, 0.25) is 0 Å². The molecule has 4 heteroatoms. The number of nitrogens with zero attached hydrogens (tertiary/aromatic N) is 2. The average Bonchev–Trinajstić information content (AvgIpc) is 2.62. The van der Waals surface area contributed by atoms with Crippen LogP contribution in [0.3, 0.4) is 0 Å². The molecule has 0 amide bonds. The van der Waals surface area contributed by atoms with Gasteiger partial charge >= 0.3 is 0 Å². The van der Waals surface area contributed by atoms with Gasteiger partial charge in [-0.3, -0.25) is 4.68 Å². The molecule has 0 saturated heterocycles. The molecule has 102 valence electrons.